The number of nitrogens with one attached hydrogen (secondary N) is 1. The second-order valence-corrected chi connectivity index (χ2v) is 6.12. The topological polar surface area (TPSA) is 18.5 Å². The molecule has 0 atom stereocenters. The minimum atomic E-state index is 0.767. The second-order valence-electron chi connectivity index (χ2n) is 5.72. The van der Waals surface area contributed by atoms with E-state index >= 15 is 0 Å². The smallest absolute Gasteiger partial charge is 0.0438 e. The zero-order valence-corrected chi connectivity index (χ0v) is 12.3. The van der Waals surface area contributed by atoms with E-state index in [1.165, 1.54) is 31.7 Å². The molecule has 1 aromatic rings. The van der Waals surface area contributed by atoms with Gasteiger partial charge < -0.3 is 5.32 Å². The molecular formula is C15H22ClN3. The monoisotopic (exact) mass is 279 g/mol. The fraction of sp³-hybridized carbons (Fsp3) is 0.600. The molecule has 4 heteroatoms. The molecule has 2 fully saturated rings. The number of aryl methyl sites for hydroxylation is 1. The van der Waals surface area contributed by atoms with Gasteiger partial charge >= 0.3 is 0 Å². The Balaban J connectivity index is 1.49. The third-order valence-electron chi connectivity index (χ3n) is 4.25. The van der Waals surface area contributed by atoms with Crippen molar-refractivity contribution in [3.05, 3.63) is 34.3 Å². The van der Waals surface area contributed by atoms with E-state index in [9.17, 15) is 0 Å². The molecule has 2 heterocycles. The average Bonchev–Trinajstić information content (AvgIpc) is 2.38. The lowest BCUT2D eigenvalue weighted by atomic mass is 10.0. The minimum Gasteiger partial charge on any atom is -0.314 e. The molecule has 3 rings (SSSR count). The molecular weight excluding hydrogens is 258 g/mol. The van der Waals surface area contributed by atoms with Gasteiger partial charge in [0.1, 0.15) is 0 Å². The first-order valence-corrected chi connectivity index (χ1v) is 7.52. The number of benzene rings is 1. The Kier molecular flexibility index (Phi) is 4.08. The molecule has 0 bridgehead atoms. The number of hydrogen-bond donors (Lipinski definition) is 1. The summed E-state index contributed by atoms with van der Waals surface area (Å²) >= 11 is 6.18. The van der Waals surface area contributed by atoms with Gasteiger partial charge in [0.25, 0.3) is 0 Å². The van der Waals surface area contributed by atoms with Gasteiger partial charge in [-0.2, -0.15) is 0 Å². The molecule has 2 aliphatic rings. The van der Waals surface area contributed by atoms with Gasteiger partial charge in [-0.1, -0.05) is 23.7 Å². The van der Waals surface area contributed by atoms with Crippen LogP contribution in [0.15, 0.2) is 18.2 Å². The Morgan fingerprint density at radius 2 is 2.00 bits per heavy atom. The van der Waals surface area contributed by atoms with Crippen molar-refractivity contribution in [2.45, 2.75) is 19.5 Å². The van der Waals surface area contributed by atoms with E-state index in [0.29, 0.717) is 0 Å². The van der Waals surface area contributed by atoms with Crippen molar-refractivity contribution < 1.29 is 0 Å². The van der Waals surface area contributed by atoms with Crippen LogP contribution in [0.4, 0.5) is 0 Å². The second kappa shape index (κ2) is 5.80. The highest BCUT2D eigenvalue weighted by atomic mass is 35.5. The van der Waals surface area contributed by atoms with Crippen LogP contribution in [0.2, 0.25) is 5.02 Å². The predicted molar refractivity (Wildman–Crippen MR) is 79.7 cm³/mol. The molecule has 2 aliphatic heterocycles. The van der Waals surface area contributed by atoms with Crippen LogP contribution in [0.1, 0.15) is 11.1 Å². The molecule has 0 aliphatic carbocycles. The summed E-state index contributed by atoms with van der Waals surface area (Å²) in [6.07, 6.45) is 0. The molecule has 0 amide bonds. The summed E-state index contributed by atoms with van der Waals surface area (Å²) in [4.78, 5) is 5.13. The van der Waals surface area contributed by atoms with Gasteiger partial charge in [0, 0.05) is 56.9 Å². The molecule has 1 N–H and O–H groups in total. The van der Waals surface area contributed by atoms with E-state index in [4.69, 9.17) is 11.6 Å². The van der Waals surface area contributed by atoms with Crippen LogP contribution in [0.5, 0.6) is 0 Å². The van der Waals surface area contributed by atoms with E-state index in [1.54, 1.807) is 0 Å². The zero-order chi connectivity index (χ0) is 13.2. The van der Waals surface area contributed by atoms with Gasteiger partial charge in [0.2, 0.25) is 0 Å². The van der Waals surface area contributed by atoms with Crippen LogP contribution in [0.25, 0.3) is 0 Å². The molecule has 0 aromatic heterocycles. The van der Waals surface area contributed by atoms with E-state index in [2.05, 4.69) is 40.2 Å². The predicted octanol–water partition coefficient (Wildman–Crippen LogP) is 1.74. The number of likely N-dealkylation sites (tertiary alicyclic amines) is 1. The van der Waals surface area contributed by atoms with Crippen molar-refractivity contribution in [3.63, 3.8) is 0 Å². The van der Waals surface area contributed by atoms with Gasteiger partial charge in [-0.05, 0) is 24.1 Å². The fourth-order valence-corrected chi connectivity index (χ4v) is 3.15. The summed E-state index contributed by atoms with van der Waals surface area (Å²) in [5.41, 5.74) is 2.49. The number of halogens is 1. The van der Waals surface area contributed by atoms with Gasteiger partial charge in [-0.15, -0.1) is 0 Å². The lowest BCUT2D eigenvalue weighted by molar-refractivity contribution is 0.0223. The van der Waals surface area contributed by atoms with E-state index < -0.39 is 0 Å². The van der Waals surface area contributed by atoms with Crippen LogP contribution >= 0.6 is 11.6 Å². The summed E-state index contributed by atoms with van der Waals surface area (Å²) in [7, 11) is 0. The Morgan fingerprint density at radius 3 is 2.68 bits per heavy atom. The van der Waals surface area contributed by atoms with Gasteiger partial charge in [-0.3, -0.25) is 9.80 Å². The van der Waals surface area contributed by atoms with Crippen LogP contribution in [0.3, 0.4) is 0 Å². The normalized spacial score (nSPS) is 22.4. The summed E-state index contributed by atoms with van der Waals surface area (Å²) in [5.74, 6) is 0. The van der Waals surface area contributed by atoms with Crippen LogP contribution < -0.4 is 5.32 Å². The van der Waals surface area contributed by atoms with E-state index in [-0.39, 0.29) is 0 Å². The van der Waals surface area contributed by atoms with Crippen molar-refractivity contribution in [2.24, 2.45) is 0 Å². The van der Waals surface area contributed by atoms with E-state index in [1.807, 2.05) is 0 Å². The maximum atomic E-state index is 6.18. The molecule has 0 spiro atoms. The van der Waals surface area contributed by atoms with Crippen molar-refractivity contribution >= 4 is 11.6 Å². The van der Waals surface area contributed by atoms with Gasteiger partial charge in [0.05, 0.1) is 0 Å². The lowest BCUT2D eigenvalue weighted by Gasteiger charge is -2.47. The number of rotatable bonds is 3. The summed E-state index contributed by atoms with van der Waals surface area (Å²) in [6.45, 7) is 10.2. The number of nitrogens with zero attached hydrogens (tertiary/aromatic N) is 2. The van der Waals surface area contributed by atoms with Crippen LogP contribution in [-0.4, -0.2) is 55.1 Å². The van der Waals surface area contributed by atoms with Gasteiger partial charge in [-0.25, -0.2) is 0 Å². The zero-order valence-electron chi connectivity index (χ0n) is 11.5. The first kappa shape index (κ1) is 13.4. The Bertz CT molecular complexity index is 437. The number of piperazine rings is 1. The number of hydrogen-bond acceptors (Lipinski definition) is 3. The summed E-state index contributed by atoms with van der Waals surface area (Å²) < 4.78 is 0. The first-order valence-electron chi connectivity index (χ1n) is 7.14. The molecule has 1 aromatic carbocycles. The maximum absolute atomic E-state index is 6.18. The standard InChI is InChI=1S/C15H22ClN3/c1-12-2-3-13(8-15(12)16)9-18-10-14(11-18)19-6-4-17-5-7-19/h2-3,8,14,17H,4-7,9-11H2,1H3. The summed E-state index contributed by atoms with van der Waals surface area (Å²) in [5, 5.41) is 4.30. The molecule has 104 valence electrons. The van der Waals surface area contributed by atoms with Crippen molar-refractivity contribution in [1.82, 2.24) is 15.1 Å². The molecule has 3 nitrogen and oxygen atoms in total. The lowest BCUT2D eigenvalue weighted by Crippen LogP contribution is -2.62. The van der Waals surface area contributed by atoms with Crippen LogP contribution in [-0.2, 0) is 6.54 Å². The van der Waals surface area contributed by atoms with E-state index in [0.717, 1.165) is 36.3 Å². The largest absolute Gasteiger partial charge is 0.314 e. The van der Waals surface area contributed by atoms with Gasteiger partial charge in [0.15, 0.2) is 0 Å². The maximum Gasteiger partial charge on any atom is 0.0438 e. The minimum absolute atomic E-state index is 0.767. The quantitative estimate of drug-likeness (QED) is 0.909. The SMILES string of the molecule is Cc1ccc(CN2CC(N3CCNCC3)C2)cc1Cl. The van der Waals surface area contributed by atoms with Crippen molar-refractivity contribution in [3.8, 4) is 0 Å². The summed E-state index contributed by atoms with van der Waals surface area (Å²) in [6, 6.07) is 7.18. The molecule has 0 radical (unpaired) electrons. The highest BCUT2D eigenvalue weighted by Gasteiger charge is 2.31. The third kappa shape index (κ3) is 3.11. The highest BCUT2D eigenvalue weighted by molar-refractivity contribution is 6.31. The molecule has 19 heavy (non-hydrogen) atoms. The van der Waals surface area contributed by atoms with Crippen molar-refractivity contribution in [2.75, 3.05) is 39.3 Å². The van der Waals surface area contributed by atoms with Crippen LogP contribution in [0, 0.1) is 6.92 Å². The Morgan fingerprint density at radius 1 is 1.26 bits per heavy atom. The third-order valence-corrected chi connectivity index (χ3v) is 4.66. The first-order chi connectivity index (χ1) is 9.22. The molecule has 0 unspecified atom stereocenters. The fourth-order valence-electron chi connectivity index (χ4n) is 2.94. The molecule has 0 saturated carbocycles. The Hall–Kier alpha value is -0.610. The van der Waals surface area contributed by atoms with Crippen molar-refractivity contribution in [1.29, 1.82) is 0 Å². The highest BCUT2D eigenvalue weighted by Crippen LogP contribution is 2.21. The molecule has 2 saturated heterocycles. The average molecular weight is 280 g/mol. The Labute approximate surface area is 120 Å².